The summed E-state index contributed by atoms with van der Waals surface area (Å²) >= 11 is 0. The number of ether oxygens (including phenoxy) is 1. The van der Waals surface area contributed by atoms with Gasteiger partial charge >= 0.3 is 6.09 Å². The van der Waals surface area contributed by atoms with Crippen LogP contribution >= 0.6 is 0 Å². The Kier molecular flexibility index (Phi) is 6.05. The number of rotatable bonds is 5. The van der Waals surface area contributed by atoms with Gasteiger partial charge in [0.15, 0.2) is 0 Å². The number of hydrogen-bond acceptors (Lipinski definition) is 3. The van der Waals surface area contributed by atoms with Crippen LogP contribution in [0, 0.1) is 5.92 Å². The van der Waals surface area contributed by atoms with Crippen LogP contribution < -0.4 is 0 Å². The minimum absolute atomic E-state index is 0.203. The van der Waals surface area contributed by atoms with Crippen molar-refractivity contribution in [2.24, 2.45) is 5.92 Å². The van der Waals surface area contributed by atoms with Crippen LogP contribution in [-0.4, -0.2) is 42.9 Å². The molecule has 0 aliphatic rings. The Hall–Kier alpha value is -1.20. The molecular weight excluding hydrogens is 232 g/mol. The third-order valence-corrected chi connectivity index (χ3v) is 1.97. The average molecular weight is 251 g/mol. The summed E-state index contributed by atoms with van der Waals surface area (Å²) < 4.78 is 30.0. The third kappa shape index (κ3) is 6.86. The van der Waals surface area contributed by atoms with Crippen molar-refractivity contribution >= 4 is 12.4 Å². The smallest absolute Gasteiger partial charge is 0.410 e. The molecule has 0 aromatic rings. The van der Waals surface area contributed by atoms with Crippen LogP contribution in [0.5, 0.6) is 0 Å². The van der Waals surface area contributed by atoms with E-state index in [-0.39, 0.29) is 13.0 Å². The van der Waals surface area contributed by atoms with Gasteiger partial charge < -0.3 is 14.4 Å². The van der Waals surface area contributed by atoms with Crippen molar-refractivity contribution in [3.05, 3.63) is 0 Å². The Labute approximate surface area is 99.9 Å². The molecular formula is C11H19F2NO3. The van der Waals surface area contributed by atoms with Gasteiger partial charge in [-0.25, -0.2) is 13.6 Å². The summed E-state index contributed by atoms with van der Waals surface area (Å²) in [7, 11) is 1.37. The first-order valence-corrected chi connectivity index (χ1v) is 5.33. The Morgan fingerprint density at radius 2 is 1.94 bits per heavy atom. The van der Waals surface area contributed by atoms with E-state index in [9.17, 15) is 18.4 Å². The highest BCUT2D eigenvalue weighted by Gasteiger charge is 2.26. The number of hydrogen-bond donors (Lipinski definition) is 0. The van der Waals surface area contributed by atoms with Gasteiger partial charge in [-0.05, 0) is 20.8 Å². The van der Waals surface area contributed by atoms with Crippen molar-refractivity contribution in [1.82, 2.24) is 4.90 Å². The number of alkyl halides is 2. The molecule has 0 rings (SSSR count). The normalized spacial score (nSPS) is 13.4. The van der Waals surface area contributed by atoms with Crippen LogP contribution in [0.4, 0.5) is 13.6 Å². The van der Waals surface area contributed by atoms with E-state index in [1.807, 2.05) is 0 Å². The molecule has 0 radical (unpaired) electrons. The van der Waals surface area contributed by atoms with Crippen molar-refractivity contribution in [3.8, 4) is 0 Å². The molecule has 4 nitrogen and oxygen atoms in total. The van der Waals surface area contributed by atoms with Crippen LogP contribution in [0.25, 0.3) is 0 Å². The van der Waals surface area contributed by atoms with Crippen LogP contribution in [0.3, 0.4) is 0 Å². The molecule has 17 heavy (non-hydrogen) atoms. The lowest BCUT2D eigenvalue weighted by molar-refractivity contribution is -0.110. The predicted octanol–water partition coefficient (Wildman–Crippen LogP) is 2.32. The summed E-state index contributed by atoms with van der Waals surface area (Å²) in [4.78, 5) is 22.8. The van der Waals surface area contributed by atoms with Crippen molar-refractivity contribution in [2.45, 2.75) is 39.2 Å². The van der Waals surface area contributed by atoms with E-state index < -0.39 is 24.0 Å². The van der Waals surface area contributed by atoms with E-state index >= 15 is 0 Å². The second-order valence-electron chi connectivity index (χ2n) is 4.86. The topological polar surface area (TPSA) is 46.6 Å². The quantitative estimate of drug-likeness (QED) is 0.704. The van der Waals surface area contributed by atoms with Crippen LogP contribution in [0.2, 0.25) is 0 Å². The molecule has 1 amide bonds. The first kappa shape index (κ1) is 15.8. The monoisotopic (exact) mass is 251 g/mol. The molecule has 0 fully saturated rings. The maximum absolute atomic E-state index is 12.5. The molecule has 0 aliphatic carbocycles. The second kappa shape index (κ2) is 6.51. The van der Waals surface area contributed by atoms with Gasteiger partial charge in [-0.3, -0.25) is 0 Å². The maximum atomic E-state index is 12.5. The molecule has 0 bridgehead atoms. The van der Waals surface area contributed by atoms with Crippen LogP contribution in [0.15, 0.2) is 0 Å². The lowest BCUT2D eigenvalue weighted by Crippen LogP contribution is -2.38. The number of aldehydes is 1. The number of carbonyl (C=O) groups excluding carboxylic acids is 2. The van der Waals surface area contributed by atoms with Crippen molar-refractivity contribution in [2.75, 3.05) is 13.6 Å². The van der Waals surface area contributed by atoms with E-state index in [1.165, 1.54) is 7.05 Å². The van der Waals surface area contributed by atoms with Crippen LogP contribution in [-0.2, 0) is 9.53 Å². The molecule has 1 atom stereocenters. The van der Waals surface area contributed by atoms with Gasteiger partial charge in [0, 0.05) is 25.9 Å². The summed E-state index contributed by atoms with van der Waals surface area (Å²) in [5, 5.41) is 0. The van der Waals surface area contributed by atoms with Crippen LogP contribution in [0.1, 0.15) is 27.2 Å². The molecule has 1 unspecified atom stereocenters. The van der Waals surface area contributed by atoms with Gasteiger partial charge in [0.1, 0.15) is 11.9 Å². The van der Waals surface area contributed by atoms with E-state index in [2.05, 4.69) is 0 Å². The van der Waals surface area contributed by atoms with E-state index in [0.717, 1.165) is 4.90 Å². The molecule has 0 spiro atoms. The van der Waals surface area contributed by atoms with Gasteiger partial charge in [0.05, 0.1) is 0 Å². The lowest BCUT2D eigenvalue weighted by Gasteiger charge is -2.26. The molecule has 0 N–H and O–H groups in total. The number of amides is 1. The highest BCUT2D eigenvalue weighted by atomic mass is 19.3. The standard InChI is InChI=1S/C11H19F2NO3/c1-11(2,3)17-10(16)14(4)7-8(5-6-15)9(12)13/h6,8-9H,5,7H2,1-4H3. The molecule has 0 aromatic carbocycles. The molecule has 100 valence electrons. The zero-order valence-electron chi connectivity index (χ0n) is 10.6. The van der Waals surface area contributed by atoms with Crippen molar-refractivity contribution in [1.29, 1.82) is 0 Å². The minimum atomic E-state index is -2.63. The summed E-state index contributed by atoms with van der Waals surface area (Å²) in [6.07, 6.45) is -3.15. The Bertz CT molecular complexity index is 264. The van der Waals surface area contributed by atoms with Gasteiger partial charge in [0.25, 0.3) is 0 Å². The minimum Gasteiger partial charge on any atom is -0.444 e. The number of nitrogens with zero attached hydrogens (tertiary/aromatic N) is 1. The first-order chi connectivity index (χ1) is 7.67. The Balaban J connectivity index is 4.35. The van der Waals surface area contributed by atoms with Gasteiger partial charge in [-0.2, -0.15) is 0 Å². The van der Waals surface area contributed by atoms with Gasteiger partial charge in [0.2, 0.25) is 6.43 Å². The third-order valence-electron chi connectivity index (χ3n) is 1.97. The Morgan fingerprint density at radius 3 is 2.29 bits per heavy atom. The van der Waals surface area contributed by atoms with Gasteiger partial charge in [-0.1, -0.05) is 0 Å². The SMILES string of the molecule is CN(CC(CC=O)C(F)F)C(=O)OC(C)(C)C. The van der Waals surface area contributed by atoms with Crippen molar-refractivity contribution < 1.29 is 23.1 Å². The number of halogens is 2. The van der Waals surface area contributed by atoms with Crippen molar-refractivity contribution in [3.63, 3.8) is 0 Å². The molecule has 6 heteroatoms. The molecule has 0 saturated heterocycles. The first-order valence-electron chi connectivity index (χ1n) is 5.33. The largest absolute Gasteiger partial charge is 0.444 e. The summed E-state index contributed by atoms with van der Waals surface area (Å²) in [5.74, 6) is -1.15. The highest BCUT2D eigenvalue weighted by molar-refractivity contribution is 5.67. The number of carbonyl (C=O) groups is 2. The predicted molar refractivity (Wildman–Crippen MR) is 59.0 cm³/mol. The van der Waals surface area contributed by atoms with E-state index in [4.69, 9.17) is 4.74 Å². The maximum Gasteiger partial charge on any atom is 0.410 e. The zero-order valence-corrected chi connectivity index (χ0v) is 10.6. The fourth-order valence-electron chi connectivity index (χ4n) is 1.15. The lowest BCUT2D eigenvalue weighted by atomic mass is 10.1. The summed E-state index contributed by atoms with van der Waals surface area (Å²) in [6.45, 7) is 4.86. The Morgan fingerprint density at radius 1 is 1.41 bits per heavy atom. The average Bonchev–Trinajstić information content (AvgIpc) is 2.13. The zero-order chi connectivity index (χ0) is 13.6. The van der Waals surface area contributed by atoms with Gasteiger partial charge in [-0.15, -0.1) is 0 Å². The summed E-state index contributed by atoms with van der Waals surface area (Å²) in [6, 6.07) is 0. The second-order valence-corrected chi connectivity index (χ2v) is 4.86. The molecule has 0 aliphatic heterocycles. The highest BCUT2D eigenvalue weighted by Crippen LogP contribution is 2.16. The molecule has 0 saturated carbocycles. The molecule has 0 heterocycles. The fraction of sp³-hybridized carbons (Fsp3) is 0.818. The van der Waals surface area contributed by atoms with E-state index in [1.54, 1.807) is 20.8 Å². The van der Waals surface area contributed by atoms with E-state index in [0.29, 0.717) is 6.29 Å². The fourth-order valence-corrected chi connectivity index (χ4v) is 1.15. The molecule has 0 aromatic heterocycles. The summed E-state index contributed by atoms with van der Waals surface area (Å²) in [5.41, 5.74) is -0.670.